The maximum absolute atomic E-state index is 12.3. The van der Waals surface area contributed by atoms with Crippen molar-refractivity contribution in [2.75, 3.05) is 0 Å². The molecule has 0 saturated heterocycles. The second kappa shape index (κ2) is 6.16. The summed E-state index contributed by atoms with van der Waals surface area (Å²) in [5.41, 5.74) is 0.984. The number of fused-ring (bicyclic) bond motifs is 1. The van der Waals surface area contributed by atoms with Crippen LogP contribution in [-0.2, 0) is 11.3 Å². The molecule has 1 aliphatic carbocycles. The van der Waals surface area contributed by atoms with E-state index >= 15 is 0 Å². The van der Waals surface area contributed by atoms with Crippen molar-refractivity contribution in [3.63, 3.8) is 0 Å². The molecule has 118 valence electrons. The largest absolute Gasteiger partial charge is 0.420 e. The Kier molecular flexibility index (Phi) is 4.25. The van der Waals surface area contributed by atoms with Gasteiger partial charge in [0.25, 0.3) is 0 Å². The van der Waals surface area contributed by atoms with E-state index in [-0.39, 0.29) is 18.5 Å². The first kappa shape index (κ1) is 15.2. The third-order valence-corrected chi connectivity index (χ3v) is 4.62. The zero-order chi connectivity index (χ0) is 15.7. The van der Waals surface area contributed by atoms with Gasteiger partial charge < -0.3 is 9.73 Å². The van der Waals surface area contributed by atoms with Crippen LogP contribution in [0.15, 0.2) is 27.4 Å². The molecule has 22 heavy (non-hydrogen) atoms. The highest BCUT2D eigenvalue weighted by Crippen LogP contribution is 2.24. The molecule has 0 spiro atoms. The number of carbonyl (C=O) groups excluding carboxylic acids is 1. The van der Waals surface area contributed by atoms with Crippen molar-refractivity contribution in [3.8, 4) is 0 Å². The van der Waals surface area contributed by atoms with Gasteiger partial charge in [-0.05, 0) is 37.0 Å². The van der Waals surface area contributed by atoms with Gasteiger partial charge in [-0.1, -0.05) is 31.4 Å². The Hall–Kier alpha value is -1.75. The SMILES string of the molecule is C[C@H]1CCCC[C@@H]1NC(=O)Cn1c(=O)oc2ccc(Cl)cc21. The van der Waals surface area contributed by atoms with Crippen LogP contribution in [0.1, 0.15) is 32.6 Å². The van der Waals surface area contributed by atoms with Crippen molar-refractivity contribution < 1.29 is 9.21 Å². The van der Waals surface area contributed by atoms with E-state index in [1.165, 1.54) is 11.0 Å². The lowest BCUT2D eigenvalue weighted by atomic mass is 9.86. The molecule has 1 N–H and O–H groups in total. The Labute approximate surface area is 133 Å². The number of rotatable bonds is 3. The highest BCUT2D eigenvalue weighted by Gasteiger charge is 2.23. The van der Waals surface area contributed by atoms with Crippen LogP contribution in [0, 0.1) is 5.92 Å². The number of oxazole rings is 1. The highest BCUT2D eigenvalue weighted by molar-refractivity contribution is 6.31. The summed E-state index contributed by atoms with van der Waals surface area (Å²) in [6, 6.07) is 5.12. The number of amides is 1. The van der Waals surface area contributed by atoms with Crippen molar-refractivity contribution in [3.05, 3.63) is 33.8 Å². The minimum absolute atomic E-state index is 0.0462. The summed E-state index contributed by atoms with van der Waals surface area (Å²) >= 11 is 5.95. The van der Waals surface area contributed by atoms with Crippen molar-refractivity contribution in [2.24, 2.45) is 5.92 Å². The van der Waals surface area contributed by atoms with Crippen LogP contribution in [0.4, 0.5) is 0 Å². The summed E-state index contributed by atoms with van der Waals surface area (Å²) in [6.45, 7) is 2.11. The van der Waals surface area contributed by atoms with Crippen molar-refractivity contribution in [2.45, 2.75) is 45.2 Å². The molecule has 5 nitrogen and oxygen atoms in total. The van der Waals surface area contributed by atoms with Crippen molar-refractivity contribution in [1.29, 1.82) is 0 Å². The maximum atomic E-state index is 12.3. The van der Waals surface area contributed by atoms with Gasteiger partial charge in [0.15, 0.2) is 5.58 Å². The Balaban J connectivity index is 1.78. The van der Waals surface area contributed by atoms with E-state index in [0.29, 0.717) is 22.0 Å². The molecule has 2 atom stereocenters. The molecule has 3 rings (SSSR count). The normalized spacial score (nSPS) is 21.9. The number of carbonyl (C=O) groups is 1. The molecule has 0 bridgehead atoms. The van der Waals surface area contributed by atoms with Crippen LogP contribution in [0.2, 0.25) is 5.02 Å². The number of benzene rings is 1. The molecular formula is C16H19ClN2O3. The topological polar surface area (TPSA) is 64.2 Å². The summed E-state index contributed by atoms with van der Waals surface area (Å²) in [7, 11) is 0. The molecule has 2 aromatic rings. The number of hydrogen-bond donors (Lipinski definition) is 1. The summed E-state index contributed by atoms with van der Waals surface area (Å²) in [4.78, 5) is 24.2. The van der Waals surface area contributed by atoms with Crippen LogP contribution in [0.5, 0.6) is 0 Å². The second-order valence-corrected chi connectivity index (χ2v) is 6.44. The lowest BCUT2D eigenvalue weighted by molar-refractivity contribution is -0.123. The maximum Gasteiger partial charge on any atom is 0.420 e. The summed E-state index contributed by atoms with van der Waals surface area (Å²) in [5.74, 6) is -0.224. The average molecular weight is 323 g/mol. The van der Waals surface area contributed by atoms with Gasteiger partial charge in [0.05, 0.1) is 5.52 Å². The van der Waals surface area contributed by atoms with Gasteiger partial charge in [0, 0.05) is 11.1 Å². The molecule has 1 heterocycles. The predicted octanol–water partition coefficient (Wildman–Crippen LogP) is 2.94. The second-order valence-electron chi connectivity index (χ2n) is 6.00. The van der Waals surface area contributed by atoms with Gasteiger partial charge in [0.2, 0.25) is 5.91 Å². The first-order valence-electron chi connectivity index (χ1n) is 7.63. The lowest BCUT2D eigenvalue weighted by Crippen LogP contribution is -2.43. The van der Waals surface area contributed by atoms with Crippen LogP contribution in [0.25, 0.3) is 11.1 Å². The van der Waals surface area contributed by atoms with E-state index in [9.17, 15) is 9.59 Å². The Bertz CT molecular complexity index is 749. The van der Waals surface area contributed by atoms with Crippen LogP contribution in [0.3, 0.4) is 0 Å². The third kappa shape index (κ3) is 3.04. The standard InChI is InChI=1S/C16H19ClN2O3/c1-10-4-2-3-5-12(10)18-15(20)9-19-13-8-11(17)6-7-14(13)22-16(19)21/h6-8,10,12H,2-5,9H2,1H3,(H,18,20)/t10-,12-/m0/s1. The van der Waals surface area contributed by atoms with E-state index in [1.807, 2.05) is 0 Å². The minimum atomic E-state index is -0.538. The Morgan fingerprint density at radius 2 is 2.18 bits per heavy atom. The molecule has 0 aliphatic heterocycles. The number of nitrogens with one attached hydrogen (secondary N) is 1. The number of hydrogen-bond acceptors (Lipinski definition) is 3. The van der Waals surface area contributed by atoms with E-state index in [1.54, 1.807) is 18.2 Å². The molecule has 6 heteroatoms. The molecule has 1 aromatic heterocycles. The van der Waals surface area contributed by atoms with E-state index in [2.05, 4.69) is 12.2 Å². The fourth-order valence-electron chi connectivity index (χ4n) is 3.11. The molecule has 0 radical (unpaired) electrons. The van der Waals surface area contributed by atoms with Gasteiger partial charge in [-0.15, -0.1) is 0 Å². The first-order valence-corrected chi connectivity index (χ1v) is 8.00. The summed E-state index contributed by atoms with van der Waals surface area (Å²) in [5, 5.41) is 3.54. The Morgan fingerprint density at radius 3 is 2.95 bits per heavy atom. The van der Waals surface area contributed by atoms with Gasteiger partial charge in [-0.3, -0.25) is 9.36 Å². The van der Waals surface area contributed by atoms with Crippen LogP contribution in [-0.4, -0.2) is 16.5 Å². The molecule has 1 amide bonds. The van der Waals surface area contributed by atoms with E-state index in [0.717, 1.165) is 19.3 Å². The quantitative estimate of drug-likeness (QED) is 0.945. The van der Waals surface area contributed by atoms with Gasteiger partial charge in [-0.25, -0.2) is 4.79 Å². The Morgan fingerprint density at radius 1 is 1.41 bits per heavy atom. The van der Waals surface area contributed by atoms with Crippen molar-refractivity contribution in [1.82, 2.24) is 9.88 Å². The van der Waals surface area contributed by atoms with Crippen molar-refractivity contribution >= 4 is 28.6 Å². The lowest BCUT2D eigenvalue weighted by Gasteiger charge is -2.29. The van der Waals surface area contributed by atoms with E-state index < -0.39 is 5.76 Å². The van der Waals surface area contributed by atoms with Gasteiger partial charge in [0.1, 0.15) is 6.54 Å². The molecule has 1 saturated carbocycles. The smallest absolute Gasteiger partial charge is 0.408 e. The van der Waals surface area contributed by atoms with E-state index in [4.69, 9.17) is 16.0 Å². The molecule has 1 aromatic carbocycles. The monoisotopic (exact) mass is 322 g/mol. The zero-order valence-electron chi connectivity index (χ0n) is 12.5. The number of halogens is 1. The fraction of sp³-hybridized carbons (Fsp3) is 0.500. The first-order chi connectivity index (χ1) is 10.5. The van der Waals surface area contributed by atoms with Crippen LogP contribution < -0.4 is 11.1 Å². The summed E-state index contributed by atoms with van der Waals surface area (Å²) < 4.78 is 6.46. The molecule has 1 fully saturated rings. The van der Waals surface area contributed by atoms with Crippen LogP contribution >= 0.6 is 11.6 Å². The third-order valence-electron chi connectivity index (χ3n) is 4.39. The number of nitrogens with zero attached hydrogens (tertiary/aromatic N) is 1. The molecular weight excluding hydrogens is 304 g/mol. The molecule has 1 aliphatic rings. The van der Waals surface area contributed by atoms with Gasteiger partial charge >= 0.3 is 5.76 Å². The average Bonchev–Trinajstić information content (AvgIpc) is 2.77. The summed E-state index contributed by atoms with van der Waals surface area (Å²) in [6.07, 6.45) is 4.49. The van der Waals surface area contributed by atoms with Gasteiger partial charge in [-0.2, -0.15) is 0 Å². The minimum Gasteiger partial charge on any atom is -0.408 e. The highest BCUT2D eigenvalue weighted by atomic mass is 35.5. The number of aromatic nitrogens is 1. The predicted molar refractivity (Wildman–Crippen MR) is 85.0 cm³/mol. The zero-order valence-corrected chi connectivity index (χ0v) is 13.2. The fourth-order valence-corrected chi connectivity index (χ4v) is 3.28. The molecule has 0 unspecified atom stereocenters.